The Hall–Kier alpha value is -3.13. The fourth-order valence-corrected chi connectivity index (χ4v) is 4.87. The van der Waals surface area contributed by atoms with Gasteiger partial charge >= 0.3 is 0 Å². The monoisotopic (exact) mass is 520 g/mol. The predicted molar refractivity (Wildman–Crippen MR) is 150 cm³/mol. The minimum absolute atomic E-state index is 0.0235. The first kappa shape index (κ1) is 27.9. The number of ether oxygens (including phenoxy) is 4. The zero-order valence-corrected chi connectivity index (χ0v) is 22.9. The number of carbonyl (C=O) groups excluding carboxylic acids is 1. The lowest BCUT2D eigenvalue weighted by atomic mass is 10.0. The number of carbonyl (C=O) groups is 1. The lowest BCUT2D eigenvalue weighted by molar-refractivity contribution is 0.0129. The third-order valence-corrected chi connectivity index (χ3v) is 7.03. The van der Waals surface area contributed by atoms with Crippen molar-refractivity contribution < 1.29 is 23.7 Å². The highest BCUT2D eigenvalue weighted by Gasteiger charge is 2.32. The Morgan fingerprint density at radius 3 is 2.55 bits per heavy atom. The van der Waals surface area contributed by atoms with Crippen LogP contribution in [0.4, 0.5) is 0 Å². The summed E-state index contributed by atoms with van der Waals surface area (Å²) in [5, 5.41) is 5.90. The van der Waals surface area contributed by atoms with E-state index in [2.05, 4.69) is 61.6 Å². The lowest BCUT2D eigenvalue weighted by Gasteiger charge is -2.31. The van der Waals surface area contributed by atoms with E-state index >= 15 is 0 Å². The van der Waals surface area contributed by atoms with E-state index in [1.807, 2.05) is 4.90 Å². The largest absolute Gasteiger partial charge is 0.493 e. The fourth-order valence-electron chi connectivity index (χ4n) is 4.87. The Morgan fingerprint density at radius 1 is 0.974 bits per heavy atom. The Balaban J connectivity index is 1.41. The van der Waals surface area contributed by atoms with Crippen molar-refractivity contribution in [3.8, 4) is 11.5 Å². The molecule has 3 aromatic rings. The Kier molecular flexibility index (Phi) is 9.98. The molecule has 0 saturated carbocycles. The summed E-state index contributed by atoms with van der Waals surface area (Å²) < 4.78 is 22.8. The van der Waals surface area contributed by atoms with Gasteiger partial charge in [-0.25, -0.2) is 0 Å². The number of methoxy groups -OCH3 is 2. The summed E-state index contributed by atoms with van der Waals surface area (Å²) in [6.45, 7) is 7.96. The van der Waals surface area contributed by atoms with E-state index in [0.29, 0.717) is 43.4 Å². The third kappa shape index (κ3) is 7.04. The van der Waals surface area contributed by atoms with E-state index in [1.165, 1.54) is 10.8 Å². The quantitative estimate of drug-likeness (QED) is 0.323. The van der Waals surface area contributed by atoms with Gasteiger partial charge in [0.05, 0.1) is 26.4 Å². The van der Waals surface area contributed by atoms with Crippen LogP contribution in [0.15, 0.2) is 60.7 Å². The number of nitrogens with zero attached hydrogens (tertiary/aromatic N) is 1. The zero-order chi connectivity index (χ0) is 26.9. The smallest absolute Gasteiger partial charge is 0.254 e. The molecule has 7 heteroatoms. The highest BCUT2D eigenvalue weighted by Crippen LogP contribution is 2.29. The number of nitrogens with one attached hydrogen (secondary N) is 1. The molecule has 0 bridgehead atoms. The van der Waals surface area contributed by atoms with Crippen LogP contribution in [0.2, 0.25) is 0 Å². The van der Waals surface area contributed by atoms with Gasteiger partial charge in [-0.05, 0) is 54.4 Å². The molecular formula is C31H40N2O5. The molecule has 1 amide bonds. The van der Waals surface area contributed by atoms with Gasteiger partial charge in [0.1, 0.15) is 0 Å². The molecule has 1 saturated heterocycles. The van der Waals surface area contributed by atoms with Gasteiger partial charge in [-0.1, -0.05) is 36.4 Å². The molecule has 0 spiro atoms. The molecule has 4 rings (SSSR count). The fraction of sp³-hybridized carbons (Fsp3) is 0.452. The van der Waals surface area contributed by atoms with Gasteiger partial charge in [0, 0.05) is 57.3 Å². The summed E-state index contributed by atoms with van der Waals surface area (Å²) in [6, 6.07) is 20.2. The van der Waals surface area contributed by atoms with Gasteiger partial charge < -0.3 is 29.2 Å². The molecule has 7 nitrogen and oxygen atoms in total. The molecule has 2 unspecified atom stereocenters. The second-order valence-electron chi connectivity index (χ2n) is 10.1. The molecule has 3 aromatic carbocycles. The predicted octanol–water partition coefficient (Wildman–Crippen LogP) is 4.92. The second-order valence-corrected chi connectivity index (χ2v) is 10.1. The maximum absolute atomic E-state index is 13.7. The van der Waals surface area contributed by atoms with E-state index in [4.69, 9.17) is 18.9 Å². The first-order chi connectivity index (χ1) is 18.5. The Morgan fingerprint density at radius 2 is 1.79 bits per heavy atom. The Bertz CT molecular complexity index is 1200. The van der Waals surface area contributed by atoms with Crippen LogP contribution in [0.25, 0.3) is 10.8 Å². The van der Waals surface area contributed by atoms with Crippen molar-refractivity contribution >= 4 is 16.7 Å². The van der Waals surface area contributed by atoms with E-state index in [1.54, 1.807) is 32.4 Å². The van der Waals surface area contributed by atoms with Crippen molar-refractivity contribution in [1.82, 2.24) is 10.2 Å². The molecule has 1 fully saturated rings. The van der Waals surface area contributed by atoms with Gasteiger partial charge in [-0.3, -0.25) is 4.79 Å². The van der Waals surface area contributed by atoms with Crippen LogP contribution in [-0.4, -0.2) is 70.0 Å². The topological polar surface area (TPSA) is 69.3 Å². The van der Waals surface area contributed by atoms with Crippen LogP contribution < -0.4 is 14.8 Å². The molecule has 1 heterocycles. The first-order valence-corrected chi connectivity index (χ1v) is 13.4. The summed E-state index contributed by atoms with van der Waals surface area (Å²) in [4.78, 5) is 15.6. The zero-order valence-electron chi connectivity index (χ0n) is 22.9. The number of hydrogen-bond donors (Lipinski definition) is 1. The van der Waals surface area contributed by atoms with Crippen LogP contribution in [-0.2, 0) is 16.1 Å². The van der Waals surface area contributed by atoms with Crippen molar-refractivity contribution in [3.05, 3.63) is 71.8 Å². The highest BCUT2D eigenvalue weighted by atomic mass is 16.5. The van der Waals surface area contributed by atoms with E-state index in [9.17, 15) is 4.79 Å². The van der Waals surface area contributed by atoms with Crippen molar-refractivity contribution in [2.24, 2.45) is 5.92 Å². The third-order valence-electron chi connectivity index (χ3n) is 7.03. The van der Waals surface area contributed by atoms with Crippen LogP contribution in [0.1, 0.15) is 36.2 Å². The van der Waals surface area contributed by atoms with Crippen molar-refractivity contribution in [2.75, 3.05) is 47.1 Å². The molecule has 1 aliphatic rings. The summed E-state index contributed by atoms with van der Waals surface area (Å²) in [7, 11) is 3.27. The summed E-state index contributed by atoms with van der Waals surface area (Å²) in [5.74, 6) is 1.35. The van der Waals surface area contributed by atoms with Gasteiger partial charge in [0.2, 0.25) is 0 Å². The van der Waals surface area contributed by atoms with Crippen molar-refractivity contribution in [1.29, 1.82) is 0 Å². The van der Waals surface area contributed by atoms with E-state index in [-0.39, 0.29) is 24.0 Å². The molecule has 0 aliphatic carbocycles. The number of amides is 1. The molecule has 1 N–H and O–H groups in total. The maximum atomic E-state index is 13.7. The van der Waals surface area contributed by atoms with E-state index in [0.717, 1.165) is 25.1 Å². The molecule has 1 aliphatic heterocycles. The van der Waals surface area contributed by atoms with Gasteiger partial charge in [-0.15, -0.1) is 0 Å². The second kappa shape index (κ2) is 13.6. The average Bonchev–Trinajstić information content (AvgIpc) is 3.39. The lowest BCUT2D eigenvalue weighted by Crippen LogP contribution is -2.43. The van der Waals surface area contributed by atoms with Gasteiger partial charge in [0.25, 0.3) is 5.91 Å². The van der Waals surface area contributed by atoms with Crippen molar-refractivity contribution in [2.45, 2.75) is 39.0 Å². The van der Waals surface area contributed by atoms with Gasteiger partial charge in [0.15, 0.2) is 11.5 Å². The molecule has 38 heavy (non-hydrogen) atoms. The van der Waals surface area contributed by atoms with Crippen LogP contribution in [0, 0.1) is 5.92 Å². The van der Waals surface area contributed by atoms with Gasteiger partial charge in [-0.2, -0.15) is 0 Å². The molecular weight excluding hydrogens is 480 g/mol. The standard InChI is InChI=1S/C31H40N2O5/c1-22(2)33(31(34)26-12-13-28(36-4)29(17-26)37-15-7-14-35-3)20-27-18-32-19-30(27)38-21-23-10-11-24-8-5-6-9-25(24)16-23/h5-6,8-13,16-17,22,27,30,32H,7,14-15,18-21H2,1-4H3. The van der Waals surface area contributed by atoms with Crippen LogP contribution >= 0.6 is 0 Å². The molecule has 2 atom stereocenters. The number of fused-ring (bicyclic) bond motifs is 1. The number of benzene rings is 3. The minimum Gasteiger partial charge on any atom is -0.493 e. The SMILES string of the molecule is COCCCOc1cc(C(=O)N(CC2CNCC2OCc2ccc3ccccc3c2)C(C)C)ccc1OC. The minimum atomic E-state index is -0.0235. The van der Waals surface area contributed by atoms with Crippen molar-refractivity contribution in [3.63, 3.8) is 0 Å². The number of hydrogen-bond acceptors (Lipinski definition) is 6. The Labute approximate surface area is 226 Å². The highest BCUT2D eigenvalue weighted by molar-refractivity contribution is 5.95. The van der Waals surface area contributed by atoms with E-state index < -0.39 is 0 Å². The normalized spacial score (nSPS) is 17.2. The average molecular weight is 521 g/mol. The molecule has 0 radical (unpaired) electrons. The first-order valence-electron chi connectivity index (χ1n) is 13.4. The van der Waals surface area contributed by atoms with Crippen LogP contribution in [0.3, 0.4) is 0 Å². The van der Waals surface area contributed by atoms with Crippen LogP contribution in [0.5, 0.6) is 11.5 Å². The molecule has 204 valence electrons. The molecule has 0 aromatic heterocycles. The maximum Gasteiger partial charge on any atom is 0.254 e. The summed E-state index contributed by atoms with van der Waals surface area (Å²) >= 11 is 0. The number of rotatable bonds is 13. The summed E-state index contributed by atoms with van der Waals surface area (Å²) in [5.41, 5.74) is 1.74. The summed E-state index contributed by atoms with van der Waals surface area (Å²) in [6.07, 6.45) is 0.789.